The molecule has 6 heteroatoms. The minimum absolute atomic E-state index is 0.140. The molecule has 0 spiro atoms. The largest absolute Gasteiger partial charge is 0.484 e. The number of carbonyl (C=O) groups is 2. The molecule has 0 aliphatic carbocycles. The molecular formula is C19H21ClN2O3. The maximum absolute atomic E-state index is 12.6. The van der Waals surface area contributed by atoms with Gasteiger partial charge in [0.05, 0.1) is 0 Å². The van der Waals surface area contributed by atoms with E-state index in [4.69, 9.17) is 16.3 Å². The average Bonchev–Trinajstić information content (AvgIpc) is 2.65. The van der Waals surface area contributed by atoms with Gasteiger partial charge in [-0.2, -0.15) is 0 Å². The highest BCUT2D eigenvalue weighted by molar-refractivity contribution is 6.30. The monoisotopic (exact) mass is 360 g/mol. The Morgan fingerprint density at radius 3 is 2.36 bits per heavy atom. The molecular weight excluding hydrogens is 340 g/mol. The lowest BCUT2D eigenvalue weighted by Gasteiger charge is -2.28. The number of hydrogen-bond acceptors (Lipinski definition) is 3. The summed E-state index contributed by atoms with van der Waals surface area (Å²) in [6, 6.07) is 15.6. The summed E-state index contributed by atoms with van der Waals surface area (Å²) in [7, 11) is 1.55. The summed E-state index contributed by atoms with van der Waals surface area (Å²) in [5.74, 6) is 0.104. The molecule has 0 aromatic heterocycles. The number of likely N-dealkylation sites (N-methyl/N-ethyl adjacent to an activating group) is 1. The van der Waals surface area contributed by atoms with Crippen LogP contribution in [-0.2, 0) is 16.1 Å². The fraction of sp³-hybridized carbons (Fsp3) is 0.263. The van der Waals surface area contributed by atoms with Gasteiger partial charge < -0.3 is 15.0 Å². The number of carbonyl (C=O) groups excluding carboxylic acids is 2. The van der Waals surface area contributed by atoms with Gasteiger partial charge in [-0.1, -0.05) is 41.9 Å². The van der Waals surface area contributed by atoms with E-state index in [-0.39, 0.29) is 18.4 Å². The first-order chi connectivity index (χ1) is 12.0. The van der Waals surface area contributed by atoms with Gasteiger partial charge in [-0.15, -0.1) is 0 Å². The van der Waals surface area contributed by atoms with Crippen LogP contribution >= 0.6 is 11.6 Å². The molecule has 0 radical (unpaired) electrons. The first kappa shape index (κ1) is 18.8. The number of nitrogens with one attached hydrogen (secondary N) is 1. The molecule has 0 heterocycles. The highest BCUT2D eigenvalue weighted by atomic mass is 35.5. The van der Waals surface area contributed by atoms with Crippen LogP contribution in [0.25, 0.3) is 0 Å². The van der Waals surface area contributed by atoms with Crippen LogP contribution < -0.4 is 10.1 Å². The smallest absolute Gasteiger partial charge is 0.261 e. The summed E-state index contributed by atoms with van der Waals surface area (Å²) in [4.78, 5) is 26.1. The summed E-state index contributed by atoms with van der Waals surface area (Å²) in [5.41, 5.74) is 0.883. The van der Waals surface area contributed by atoms with Gasteiger partial charge in [0.15, 0.2) is 6.61 Å². The highest BCUT2D eigenvalue weighted by Crippen LogP contribution is 2.14. The van der Waals surface area contributed by atoms with Crippen molar-refractivity contribution in [3.8, 4) is 5.75 Å². The molecule has 2 aromatic carbocycles. The first-order valence-corrected chi connectivity index (χ1v) is 8.32. The summed E-state index contributed by atoms with van der Waals surface area (Å²) in [6.07, 6.45) is 0. The molecule has 132 valence electrons. The minimum atomic E-state index is -0.618. The molecule has 0 aliphatic rings. The van der Waals surface area contributed by atoms with Crippen molar-refractivity contribution in [1.82, 2.24) is 10.2 Å². The zero-order valence-electron chi connectivity index (χ0n) is 14.2. The third kappa shape index (κ3) is 5.50. The van der Waals surface area contributed by atoms with Crippen LogP contribution in [0.1, 0.15) is 12.5 Å². The van der Waals surface area contributed by atoms with E-state index in [1.165, 1.54) is 4.90 Å². The summed E-state index contributed by atoms with van der Waals surface area (Å²) in [6.45, 7) is 1.84. The number of para-hydroxylation sites is 1. The Bertz CT molecular complexity index is 704. The Morgan fingerprint density at radius 2 is 1.76 bits per heavy atom. The van der Waals surface area contributed by atoms with Crippen molar-refractivity contribution in [1.29, 1.82) is 0 Å². The Morgan fingerprint density at radius 1 is 1.12 bits per heavy atom. The second-order valence-electron chi connectivity index (χ2n) is 5.54. The number of nitrogens with zero attached hydrogens (tertiary/aromatic N) is 1. The summed E-state index contributed by atoms with van der Waals surface area (Å²) >= 11 is 5.90. The van der Waals surface area contributed by atoms with Gasteiger partial charge in [0.1, 0.15) is 11.8 Å². The number of amides is 2. The fourth-order valence-corrected chi connectivity index (χ4v) is 2.45. The van der Waals surface area contributed by atoms with Crippen LogP contribution in [0.15, 0.2) is 54.6 Å². The lowest BCUT2D eigenvalue weighted by molar-refractivity contribution is -0.142. The third-order valence-corrected chi connectivity index (χ3v) is 4.04. The van der Waals surface area contributed by atoms with Crippen molar-refractivity contribution in [2.45, 2.75) is 19.5 Å². The molecule has 5 nitrogen and oxygen atoms in total. The van der Waals surface area contributed by atoms with E-state index in [0.717, 1.165) is 5.56 Å². The van der Waals surface area contributed by atoms with Crippen LogP contribution in [0.4, 0.5) is 0 Å². The van der Waals surface area contributed by atoms with Gasteiger partial charge in [-0.05, 0) is 36.8 Å². The Hall–Kier alpha value is -2.53. The van der Waals surface area contributed by atoms with Gasteiger partial charge >= 0.3 is 0 Å². The molecule has 1 atom stereocenters. The normalized spacial score (nSPS) is 11.5. The van der Waals surface area contributed by atoms with Crippen molar-refractivity contribution in [2.75, 3.05) is 13.7 Å². The van der Waals surface area contributed by atoms with E-state index in [2.05, 4.69) is 5.32 Å². The van der Waals surface area contributed by atoms with Gasteiger partial charge in [0.2, 0.25) is 5.91 Å². The van der Waals surface area contributed by atoms with E-state index in [9.17, 15) is 9.59 Å². The lowest BCUT2D eigenvalue weighted by Crippen LogP contribution is -2.48. The third-order valence-electron chi connectivity index (χ3n) is 3.79. The molecule has 0 bridgehead atoms. The van der Waals surface area contributed by atoms with Crippen molar-refractivity contribution in [3.05, 3.63) is 65.2 Å². The maximum Gasteiger partial charge on any atom is 0.261 e. The van der Waals surface area contributed by atoms with E-state index < -0.39 is 6.04 Å². The van der Waals surface area contributed by atoms with Crippen LogP contribution in [0.5, 0.6) is 5.75 Å². The molecule has 2 aromatic rings. The SMILES string of the molecule is CNC(=O)C(C)N(Cc1ccc(Cl)cc1)C(=O)COc1ccccc1. The predicted molar refractivity (Wildman–Crippen MR) is 97.5 cm³/mol. The van der Waals surface area contributed by atoms with Crippen molar-refractivity contribution in [3.63, 3.8) is 0 Å². The molecule has 0 fully saturated rings. The van der Waals surface area contributed by atoms with Crippen LogP contribution in [0, 0.1) is 0 Å². The lowest BCUT2D eigenvalue weighted by atomic mass is 10.1. The number of benzene rings is 2. The second-order valence-corrected chi connectivity index (χ2v) is 5.98. The van der Waals surface area contributed by atoms with Gasteiger partial charge in [-0.3, -0.25) is 9.59 Å². The Kier molecular flexibility index (Phi) is 6.83. The van der Waals surface area contributed by atoms with E-state index >= 15 is 0 Å². The maximum atomic E-state index is 12.6. The molecule has 1 N–H and O–H groups in total. The van der Waals surface area contributed by atoms with E-state index in [1.54, 1.807) is 38.2 Å². The number of ether oxygens (including phenoxy) is 1. The zero-order valence-corrected chi connectivity index (χ0v) is 15.0. The van der Waals surface area contributed by atoms with Gasteiger partial charge in [-0.25, -0.2) is 0 Å². The fourth-order valence-electron chi connectivity index (χ4n) is 2.32. The van der Waals surface area contributed by atoms with Crippen molar-refractivity contribution in [2.24, 2.45) is 0 Å². The Balaban J connectivity index is 2.10. The van der Waals surface area contributed by atoms with Crippen LogP contribution in [0.2, 0.25) is 5.02 Å². The topological polar surface area (TPSA) is 58.6 Å². The highest BCUT2D eigenvalue weighted by Gasteiger charge is 2.25. The standard InChI is InChI=1S/C19H21ClN2O3/c1-14(19(24)21-2)22(12-15-8-10-16(20)11-9-15)18(23)13-25-17-6-4-3-5-7-17/h3-11,14H,12-13H2,1-2H3,(H,21,24). The van der Waals surface area contributed by atoms with Crippen molar-refractivity contribution < 1.29 is 14.3 Å². The Labute approximate surface area is 152 Å². The molecule has 2 amide bonds. The average molecular weight is 361 g/mol. The molecule has 0 saturated carbocycles. The molecule has 1 unspecified atom stereocenters. The first-order valence-electron chi connectivity index (χ1n) is 7.94. The number of hydrogen-bond donors (Lipinski definition) is 1. The molecule has 0 saturated heterocycles. The summed E-state index contributed by atoms with van der Waals surface area (Å²) in [5, 5.41) is 3.19. The predicted octanol–water partition coefficient (Wildman–Crippen LogP) is 2.88. The van der Waals surface area contributed by atoms with E-state index in [1.807, 2.05) is 30.3 Å². The van der Waals surface area contributed by atoms with E-state index in [0.29, 0.717) is 17.3 Å². The summed E-state index contributed by atoms with van der Waals surface area (Å²) < 4.78 is 5.53. The number of rotatable bonds is 7. The van der Waals surface area contributed by atoms with Gasteiger partial charge in [0.25, 0.3) is 5.91 Å². The zero-order chi connectivity index (χ0) is 18.2. The molecule has 0 aliphatic heterocycles. The molecule has 25 heavy (non-hydrogen) atoms. The van der Waals surface area contributed by atoms with Crippen LogP contribution in [-0.4, -0.2) is 36.4 Å². The van der Waals surface area contributed by atoms with Gasteiger partial charge in [0, 0.05) is 18.6 Å². The quantitative estimate of drug-likeness (QED) is 0.826. The number of halogens is 1. The second kappa shape index (κ2) is 9.08. The van der Waals surface area contributed by atoms with Crippen LogP contribution in [0.3, 0.4) is 0 Å². The van der Waals surface area contributed by atoms with Crippen molar-refractivity contribution >= 4 is 23.4 Å². The minimum Gasteiger partial charge on any atom is -0.484 e. The molecule has 2 rings (SSSR count).